The molecule has 22 heavy (non-hydrogen) atoms. The summed E-state index contributed by atoms with van der Waals surface area (Å²) in [6, 6.07) is 14.3. The second-order valence-electron chi connectivity index (χ2n) is 5.05. The van der Waals surface area contributed by atoms with E-state index < -0.39 is 0 Å². The number of carbonyl (C=O) groups is 2. The summed E-state index contributed by atoms with van der Waals surface area (Å²) in [4.78, 5) is 25.2. The van der Waals surface area contributed by atoms with Crippen molar-refractivity contribution in [2.45, 2.75) is 20.3 Å². The molecule has 114 valence electrons. The maximum Gasteiger partial charge on any atom is 0.310 e. The van der Waals surface area contributed by atoms with Crippen molar-refractivity contribution in [3.8, 4) is 5.75 Å². The number of nitrogens with zero attached hydrogens (tertiary/aromatic N) is 1. The topological polar surface area (TPSA) is 46.6 Å². The first-order chi connectivity index (χ1) is 10.5. The van der Waals surface area contributed by atoms with E-state index in [9.17, 15) is 9.59 Å². The zero-order valence-corrected chi connectivity index (χ0v) is 13.0. The Morgan fingerprint density at radius 1 is 1.00 bits per heavy atom. The van der Waals surface area contributed by atoms with Crippen molar-refractivity contribution in [1.82, 2.24) is 0 Å². The van der Waals surface area contributed by atoms with Gasteiger partial charge in [0, 0.05) is 24.7 Å². The SMILES string of the molecule is CCC(=O)Oc1ccc(N(C)C(=O)c2ccc(C)cc2)cc1. The Morgan fingerprint density at radius 3 is 2.14 bits per heavy atom. The lowest BCUT2D eigenvalue weighted by Crippen LogP contribution is -2.26. The molecule has 2 aromatic rings. The lowest BCUT2D eigenvalue weighted by atomic mass is 10.1. The van der Waals surface area contributed by atoms with Gasteiger partial charge in [0.2, 0.25) is 0 Å². The third-order valence-corrected chi connectivity index (χ3v) is 3.35. The Kier molecular flexibility index (Phi) is 4.94. The summed E-state index contributed by atoms with van der Waals surface area (Å²) in [5.41, 5.74) is 2.48. The van der Waals surface area contributed by atoms with Gasteiger partial charge in [-0.2, -0.15) is 0 Å². The average molecular weight is 297 g/mol. The summed E-state index contributed by atoms with van der Waals surface area (Å²) in [6.45, 7) is 3.72. The molecule has 0 saturated heterocycles. The van der Waals surface area contributed by atoms with E-state index in [1.54, 1.807) is 43.1 Å². The number of rotatable bonds is 4. The zero-order valence-electron chi connectivity index (χ0n) is 13.0. The van der Waals surface area contributed by atoms with Crippen LogP contribution in [0.5, 0.6) is 5.75 Å². The molecule has 0 radical (unpaired) electrons. The molecule has 4 nitrogen and oxygen atoms in total. The molecule has 0 aliphatic heterocycles. The van der Waals surface area contributed by atoms with E-state index in [4.69, 9.17) is 4.74 Å². The van der Waals surface area contributed by atoms with Gasteiger partial charge in [-0.15, -0.1) is 0 Å². The van der Waals surface area contributed by atoms with E-state index in [-0.39, 0.29) is 11.9 Å². The number of esters is 1. The van der Waals surface area contributed by atoms with Gasteiger partial charge in [0.05, 0.1) is 0 Å². The molecular weight excluding hydrogens is 278 g/mol. The fourth-order valence-corrected chi connectivity index (χ4v) is 1.95. The van der Waals surface area contributed by atoms with Crippen LogP contribution in [0, 0.1) is 6.92 Å². The van der Waals surface area contributed by atoms with Crippen LogP contribution in [0.2, 0.25) is 0 Å². The van der Waals surface area contributed by atoms with Gasteiger partial charge in [-0.25, -0.2) is 0 Å². The highest BCUT2D eigenvalue weighted by Gasteiger charge is 2.13. The zero-order chi connectivity index (χ0) is 16.1. The van der Waals surface area contributed by atoms with Crippen molar-refractivity contribution >= 4 is 17.6 Å². The minimum absolute atomic E-state index is 0.0849. The largest absolute Gasteiger partial charge is 0.427 e. The number of amides is 1. The summed E-state index contributed by atoms with van der Waals surface area (Å²) in [5.74, 6) is 0.113. The summed E-state index contributed by atoms with van der Waals surface area (Å²) in [6.07, 6.45) is 0.327. The molecule has 0 saturated carbocycles. The molecule has 2 aromatic carbocycles. The number of aryl methyl sites for hydroxylation is 1. The van der Waals surface area contributed by atoms with E-state index in [2.05, 4.69) is 0 Å². The first kappa shape index (κ1) is 15.8. The summed E-state index contributed by atoms with van der Waals surface area (Å²) in [5, 5.41) is 0. The summed E-state index contributed by atoms with van der Waals surface area (Å²) >= 11 is 0. The highest BCUT2D eigenvalue weighted by Crippen LogP contribution is 2.20. The van der Waals surface area contributed by atoms with Crippen molar-refractivity contribution in [2.24, 2.45) is 0 Å². The average Bonchev–Trinajstić information content (AvgIpc) is 2.55. The number of hydrogen-bond donors (Lipinski definition) is 0. The van der Waals surface area contributed by atoms with E-state index in [0.29, 0.717) is 17.7 Å². The second-order valence-corrected chi connectivity index (χ2v) is 5.05. The van der Waals surface area contributed by atoms with Crippen molar-refractivity contribution in [3.05, 3.63) is 59.7 Å². The predicted molar refractivity (Wildman–Crippen MR) is 86.3 cm³/mol. The minimum Gasteiger partial charge on any atom is -0.427 e. The monoisotopic (exact) mass is 297 g/mol. The molecule has 0 bridgehead atoms. The van der Waals surface area contributed by atoms with Crippen LogP contribution < -0.4 is 9.64 Å². The molecule has 0 aromatic heterocycles. The maximum atomic E-state index is 12.4. The van der Waals surface area contributed by atoms with Gasteiger partial charge in [-0.05, 0) is 43.3 Å². The highest BCUT2D eigenvalue weighted by molar-refractivity contribution is 6.05. The van der Waals surface area contributed by atoms with Crippen LogP contribution in [-0.4, -0.2) is 18.9 Å². The lowest BCUT2D eigenvalue weighted by molar-refractivity contribution is -0.134. The molecule has 2 rings (SSSR count). The number of anilines is 1. The van der Waals surface area contributed by atoms with Gasteiger partial charge in [0.25, 0.3) is 5.91 Å². The van der Waals surface area contributed by atoms with E-state index in [1.165, 1.54) is 0 Å². The van der Waals surface area contributed by atoms with Gasteiger partial charge >= 0.3 is 5.97 Å². The quantitative estimate of drug-likeness (QED) is 0.640. The number of hydrogen-bond acceptors (Lipinski definition) is 3. The number of carbonyl (C=O) groups excluding carboxylic acids is 2. The van der Waals surface area contributed by atoms with Gasteiger partial charge in [-0.1, -0.05) is 24.6 Å². The van der Waals surface area contributed by atoms with Gasteiger partial charge in [0.1, 0.15) is 5.75 Å². The van der Waals surface area contributed by atoms with Crippen molar-refractivity contribution in [1.29, 1.82) is 0 Å². The highest BCUT2D eigenvalue weighted by atomic mass is 16.5. The van der Waals surface area contributed by atoms with Crippen LogP contribution in [0.25, 0.3) is 0 Å². The van der Waals surface area contributed by atoms with Gasteiger partial charge in [-0.3, -0.25) is 9.59 Å². The molecule has 0 atom stereocenters. The van der Waals surface area contributed by atoms with E-state index in [1.807, 2.05) is 31.2 Å². The van der Waals surface area contributed by atoms with Crippen LogP contribution >= 0.6 is 0 Å². The first-order valence-electron chi connectivity index (χ1n) is 7.16. The molecule has 0 spiro atoms. The first-order valence-corrected chi connectivity index (χ1v) is 7.16. The van der Waals surface area contributed by atoms with Crippen LogP contribution in [0.4, 0.5) is 5.69 Å². The Labute approximate surface area is 130 Å². The maximum absolute atomic E-state index is 12.4. The Balaban J connectivity index is 2.12. The minimum atomic E-state index is -0.281. The molecule has 4 heteroatoms. The standard InChI is InChI=1S/C18H19NO3/c1-4-17(20)22-16-11-9-15(10-12-16)19(3)18(21)14-7-5-13(2)6-8-14/h5-12H,4H2,1-3H3. The number of benzene rings is 2. The molecular formula is C18H19NO3. The normalized spacial score (nSPS) is 10.1. The Morgan fingerprint density at radius 2 is 1.59 bits per heavy atom. The van der Waals surface area contributed by atoms with Crippen LogP contribution in [0.3, 0.4) is 0 Å². The molecule has 0 aliphatic rings. The van der Waals surface area contributed by atoms with Crippen molar-refractivity contribution < 1.29 is 14.3 Å². The van der Waals surface area contributed by atoms with Crippen molar-refractivity contribution in [3.63, 3.8) is 0 Å². The third kappa shape index (κ3) is 3.73. The van der Waals surface area contributed by atoms with Crippen LogP contribution in [-0.2, 0) is 4.79 Å². The molecule has 0 heterocycles. The molecule has 0 aliphatic carbocycles. The Hall–Kier alpha value is -2.62. The molecule has 0 N–H and O–H groups in total. The van der Waals surface area contributed by atoms with Crippen molar-refractivity contribution in [2.75, 3.05) is 11.9 Å². The fraction of sp³-hybridized carbons (Fsp3) is 0.222. The van der Waals surface area contributed by atoms with Crippen LogP contribution in [0.1, 0.15) is 29.3 Å². The van der Waals surface area contributed by atoms with Crippen LogP contribution in [0.15, 0.2) is 48.5 Å². The predicted octanol–water partition coefficient (Wildman–Crippen LogP) is 3.59. The fourth-order valence-electron chi connectivity index (χ4n) is 1.95. The molecule has 0 unspecified atom stereocenters. The number of ether oxygens (including phenoxy) is 1. The smallest absolute Gasteiger partial charge is 0.310 e. The molecule has 1 amide bonds. The van der Waals surface area contributed by atoms with Gasteiger partial charge in [0.15, 0.2) is 0 Å². The lowest BCUT2D eigenvalue weighted by Gasteiger charge is -2.18. The molecule has 0 fully saturated rings. The van der Waals surface area contributed by atoms with E-state index >= 15 is 0 Å². The van der Waals surface area contributed by atoms with Gasteiger partial charge < -0.3 is 9.64 Å². The third-order valence-electron chi connectivity index (χ3n) is 3.35. The second kappa shape index (κ2) is 6.89. The Bertz CT molecular complexity index is 660. The summed E-state index contributed by atoms with van der Waals surface area (Å²) < 4.78 is 5.11. The van der Waals surface area contributed by atoms with E-state index in [0.717, 1.165) is 11.3 Å². The summed E-state index contributed by atoms with van der Waals surface area (Å²) in [7, 11) is 1.72.